The molecular formula is C18H25BrN2O2. The van der Waals surface area contributed by atoms with E-state index in [4.69, 9.17) is 4.74 Å². The summed E-state index contributed by atoms with van der Waals surface area (Å²) in [6.45, 7) is 7.38. The lowest BCUT2D eigenvalue weighted by Crippen LogP contribution is -2.19. The first kappa shape index (κ1) is 16.9. The third kappa shape index (κ3) is 3.06. The summed E-state index contributed by atoms with van der Waals surface area (Å²) < 4.78 is 8.96. The average molecular weight is 381 g/mol. The molecule has 0 spiro atoms. The lowest BCUT2D eigenvalue weighted by atomic mass is 9.86. The Balaban J connectivity index is 2.10. The largest absolute Gasteiger partial charge is 0.396 e. The molecule has 2 heterocycles. The molecule has 0 saturated carbocycles. The van der Waals surface area contributed by atoms with Gasteiger partial charge in [-0.1, -0.05) is 13.8 Å². The van der Waals surface area contributed by atoms with E-state index in [1.54, 1.807) is 0 Å². The molecule has 4 nitrogen and oxygen atoms in total. The number of aryl methyl sites for hydroxylation is 1. The maximum atomic E-state index is 9.82. The minimum atomic E-state index is 0.0390. The first-order valence-electron chi connectivity index (χ1n) is 8.43. The van der Waals surface area contributed by atoms with Gasteiger partial charge in [-0.2, -0.15) is 5.10 Å². The zero-order valence-electron chi connectivity index (χ0n) is 14.1. The van der Waals surface area contributed by atoms with Crippen molar-refractivity contribution >= 4 is 26.8 Å². The molecule has 2 aromatic rings. The van der Waals surface area contributed by atoms with E-state index >= 15 is 0 Å². The summed E-state index contributed by atoms with van der Waals surface area (Å²) in [5.74, 6) is 0.507. The molecule has 2 atom stereocenters. The molecule has 1 aliphatic heterocycles. The van der Waals surface area contributed by atoms with Gasteiger partial charge in [0.15, 0.2) is 6.23 Å². The van der Waals surface area contributed by atoms with E-state index in [-0.39, 0.29) is 18.8 Å². The van der Waals surface area contributed by atoms with Gasteiger partial charge in [0.2, 0.25) is 0 Å². The van der Waals surface area contributed by atoms with Crippen molar-refractivity contribution in [2.45, 2.75) is 52.2 Å². The summed E-state index contributed by atoms with van der Waals surface area (Å²) in [6.07, 6.45) is 5.28. The van der Waals surface area contributed by atoms with Gasteiger partial charge in [0, 0.05) is 22.4 Å². The molecule has 1 aromatic carbocycles. The van der Waals surface area contributed by atoms with Crippen LogP contribution in [0, 0.1) is 12.8 Å². The highest BCUT2D eigenvalue weighted by molar-refractivity contribution is 9.10. The van der Waals surface area contributed by atoms with Crippen molar-refractivity contribution < 1.29 is 9.84 Å². The van der Waals surface area contributed by atoms with Gasteiger partial charge in [0.05, 0.1) is 18.3 Å². The van der Waals surface area contributed by atoms with Crippen LogP contribution in [0.3, 0.4) is 0 Å². The standard InChI is InChI=1S/C18H25BrN2O2/c1-11(2)14(10-22)17-12(3)8-15-13(18(17)19)9-20-21(15)16-6-4-5-7-23-16/h8-9,11,14,16,22H,4-7,10H2,1-3H3. The van der Waals surface area contributed by atoms with Crippen LogP contribution >= 0.6 is 15.9 Å². The third-order valence-corrected chi connectivity index (χ3v) is 5.74. The Morgan fingerprint density at radius 2 is 2.22 bits per heavy atom. The minimum absolute atomic E-state index is 0.0390. The molecule has 5 heteroatoms. The fourth-order valence-corrected chi connectivity index (χ4v) is 4.43. The van der Waals surface area contributed by atoms with E-state index in [1.165, 1.54) is 17.5 Å². The fraction of sp³-hybridized carbons (Fsp3) is 0.611. The van der Waals surface area contributed by atoms with Gasteiger partial charge in [-0.3, -0.25) is 0 Å². The molecule has 1 N–H and O–H groups in total. The van der Waals surface area contributed by atoms with Crippen LogP contribution in [-0.2, 0) is 4.74 Å². The number of rotatable bonds is 4. The molecule has 0 radical (unpaired) electrons. The van der Waals surface area contributed by atoms with Crippen molar-refractivity contribution in [1.29, 1.82) is 0 Å². The highest BCUT2D eigenvalue weighted by Crippen LogP contribution is 2.39. The maximum Gasteiger partial charge on any atom is 0.150 e. The number of hydrogen-bond donors (Lipinski definition) is 1. The monoisotopic (exact) mass is 380 g/mol. The Kier molecular flexibility index (Phi) is 5.09. The second-order valence-electron chi connectivity index (χ2n) is 6.80. The Hall–Kier alpha value is -0.910. The van der Waals surface area contributed by atoms with E-state index in [0.29, 0.717) is 5.92 Å². The van der Waals surface area contributed by atoms with Crippen LogP contribution in [0.1, 0.15) is 56.4 Å². The Labute approximate surface area is 146 Å². The lowest BCUT2D eigenvalue weighted by molar-refractivity contribution is -0.0366. The molecule has 0 aliphatic carbocycles. The van der Waals surface area contributed by atoms with Crippen LogP contribution in [0.2, 0.25) is 0 Å². The van der Waals surface area contributed by atoms with Crippen LogP contribution in [0.5, 0.6) is 0 Å². The normalized spacial score (nSPS) is 20.3. The van der Waals surface area contributed by atoms with E-state index in [0.717, 1.165) is 34.8 Å². The first-order chi connectivity index (χ1) is 11.0. The summed E-state index contributed by atoms with van der Waals surface area (Å²) in [5.41, 5.74) is 3.49. The van der Waals surface area contributed by atoms with Gasteiger partial charge in [-0.15, -0.1) is 0 Å². The van der Waals surface area contributed by atoms with E-state index < -0.39 is 0 Å². The van der Waals surface area contributed by atoms with Crippen molar-refractivity contribution in [3.63, 3.8) is 0 Å². The van der Waals surface area contributed by atoms with Crippen LogP contribution in [0.25, 0.3) is 10.9 Å². The molecule has 1 fully saturated rings. The van der Waals surface area contributed by atoms with Gasteiger partial charge in [0.1, 0.15) is 0 Å². The smallest absolute Gasteiger partial charge is 0.150 e. The number of ether oxygens (including phenoxy) is 1. The summed E-state index contributed by atoms with van der Waals surface area (Å²) in [5, 5.41) is 15.5. The molecule has 23 heavy (non-hydrogen) atoms. The van der Waals surface area contributed by atoms with Gasteiger partial charge in [-0.25, -0.2) is 4.68 Å². The molecule has 2 unspecified atom stereocenters. The zero-order chi connectivity index (χ0) is 16.6. The molecule has 126 valence electrons. The quantitative estimate of drug-likeness (QED) is 0.846. The summed E-state index contributed by atoms with van der Waals surface area (Å²) in [6, 6.07) is 2.19. The van der Waals surface area contributed by atoms with Crippen LogP contribution in [0.15, 0.2) is 16.7 Å². The third-order valence-electron chi connectivity index (χ3n) is 4.89. The number of aromatic nitrogens is 2. The second-order valence-corrected chi connectivity index (χ2v) is 7.59. The predicted molar refractivity (Wildman–Crippen MR) is 95.7 cm³/mol. The lowest BCUT2D eigenvalue weighted by Gasteiger charge is -2.25. The number of aliphatic hydroxyl groups is 1. The number of hydrogen-bond acceptors (Lipinski definition) is 3. The number of halogens is 1. The van der Waals surface area contributed by atoms with Crippen molar-refractivity contribution in [2.24, 2.45) is 5.92 Å². The predicted octanol–water partition coefficient (Wildman–Crippen LogP) is 4.54. The summed E-state index contributed by atoms with van der Waals surface area (Å²) >= 11 is 3.77. The topological polar surface area (TPSA) is 47.3 Å². The van der Waals surface area contributed by atoms with Gasteiger partial charge in [0.25, 0.3) is 0 Å². The van der Waals surface area contributed by atoms with E-state index in [9.17, 15) is 5.11 Å². The molecule has 1 aliphatic rings. The van der Waals surface area contributed by atoms with E-state index in [2.05, 4.69) is 47.9 Å². The summed E-state index contributed by atoms with van der Waals surface area (Å²) in [7, 11) is 0. The van der Waals surface area contributed by atoms with Crippen LogP contribution in [0.4, 0.5) is 0 Å². The second kappa shape index (κ2) is 6.91. The van der Waals surface area contributed by atoms with Crippen molar-refractivity contribution in [1.82, 2.24) is 9.78 Å². The number of fused-ring (bicyclic) bond motifs is 1. The summed E-state index contributed by atoms with van der Waals surface area (Å²) in [4.78, 5) is 0. The molecule has 1 aromatic heterocycles. The molecular weight excluding hydrogens is 356 g/mol. The molecule has 3 rings (SSSR count). The SMILES string of the molecule is Cc1cc2c(cnn2C2CCCCO2)c(Br)c1C(CO)C(C)C. The first-order valence-corrected chi connectivity index (χ1v) is 9.22. The highest BCUT2D eigenvalue weighted by atomic mass is 79.9. The van der Waals surface area contributed by atoms with E-state index in [1.807, 2.05) is 10.9 Å². The zero-order valence-corrected chi connectivity index (χ0v) is 15.6. The van der Waals surface area contributed by atoms with Gasteiger partial charge >= 0.3 is 0 Å². The number of nitrogens with zero attached hydrogens (tertiary/aromatic N) is 2. The fourth-order valence-electron chi connectivity index (χ4n) is 3.52. The number of benzene rings is 1. The highest BCUT2D eigenvalue weighted by Gasteiger charge is 2.24. The van der Waals surface area contributed by atoms with Crippen molar-refractivity contribution in [2.75, 3.05) is 13.2 Å². The Bertz CT molecular complexity index is 690. The maximum absolute atomic E-state index is 9.82. The van der Waals surface area contributed by atoms with Crippen molar-refractivity contribution in [3.05, 3.63) is 27.9 Å². The van der Waals surface area contributed by atoms with Crippen molar-refractivity contribution in [3.8, 4) is 0 Å². The number of aliphatic hydroxyl groups excluding tert-OH is 1. The average Bonchev–Trinajstić information content (AvgIpc) is 2.95. The van der Waals surface area contributed by atoms with Gasteiger partial charge in [-0.05, 0) is 65.2 Å². The Morgan fingerprint density at radius 3 is 2.83 bits per heavy atom. The molecule has 0 bridgehead atoms. The van der Waals surface area contributed by atoms with Crippen LogP contribution in [-0.4, -0.2) is 28.1 Å². The van der Waals surface area contributed by atoms with Gasteiger partial charge < -0.3 is 9.84 Å². The molecule has 1 saturated heterocycles. The molecule has 0 amide bonds. The minimum Gasteiger partial charge on any atom is -0.396 e. The Morgan fingerprint density at radius 1 is 1.43 bits per heavy atom. The van der Waals surface area contributed by atoms with Crippen LogP contribution < -0.4 is 0 Å².